The molecule has 0 aromatic carbocycles. The smallest absolute Gasteiger partial charge is 0.221 e. The number of aromatic nitrogens is 2. The Balaban J connectivity index is 3.02. The largest absolute Gasteiger partial charge is 0.475 e. The van der Waals surface area contributed by atoms with Crippen LogP contribution in [-0.2, 0) is 0 Å². The van der Waals surface area contributed by atoms with Gasteiger partial charge in [0.1, 0.15) is 18.2 Å². The van der Waals surface area contributed by atoms with Crippen LogP contribution in [0.15, 0.2) is 0 Å². The fraction of sp³-hybridized carbons (Fsp3) is 0.714. The lowest BCUT2D eigenvalue weighted by atomic mass is 10.1. The van der Waals surface area contributed by atoms with Crippen LogP contribution in [0.4, 0.5) is 5.82 Å². The van der Waals surface area contributed by atoms with Gasteiger partial charge in [0, 0.05) is 11.5 Å². The molecule has 6 nitrogen and oxygen atoms in total. The van der Waals surface area contributed by atoms with Crippen molar-refractivity contribution in [2.45, 2.75) is 46.1 Å². The Bertz CT molecular complexity index is 457. The van der Waals surface area contributed by atoms with Gasteiger partial charge in [-0.15, -0.1) is 0 Å². The van der Waals surface area contributed by atoms with E-state index in [0.717, 1.165) is 11.4 Å². The number of nitrogens with one attached hydrogen (secondary N) is 1. The quantitative estimate of drug-likeness (QED) is 0.613. The number of hydrazine groups is 1. The van der Waals surface area contributed by atoms with Gasteiger partial charge < -0.3 is 15.1 Å². The fourth-order valence-corrected chi connectivity index (χ4v) is 1.43. The Morgan fingerprint density at radius 2 is 1.90 bits per heavy atom. The second-order valence-electron chi connectivity index (χ2n) is 6.16. The maximum atomic E-state index is 5.91. The maximum absolute atomic E-state index is 5.91. The van der Waals surface area contributed by atoms with Crippen LogP contribution >= 0.6 is 0 Å². The number of rotatable bonds is 6. The highest BCUT2D eigenvalue weighted by molar-refractivity contribution is 5.47. The zero-order valence-corrected chi connectivity index (χ0v) is 13.6. The summed E-state index contributed by atoms with van der Waals surface area (Å²) in [7, 11) is 4.06. The van der Waals surface area contributed by atoms with Crippen molar-refractivity contribution >= 4 is 5.82 Å². The zero-order chi connectivity index (χ0) is 15.5. The van der Waals surface area contributed by atoms with Gasteiger partial charge in [-0.3, -0.25) is 0 Å². The second-order valence-corrected chi connectivity index (χ2v) is 6.16. The lowest BCUT2D eigenvalue weighted by Crippen LogP contribution is -2.43. The van der Waals surface area contributed by atoms with Crippen LogP contribution in [0.5, 0.6) is 5.88 Å². The third-order valence-corrected chi connectivity index (χ3v) is 3.54. The van der Waals surface area contributed by atoms with Gasteiger partial charge in [0.05, 0.1) is 5.56 Å². The topological polar surface area (TPSA) is 76.3 Å². The Morgan fingerprint density at radius 1 is 1.30 bits per heavy atom. The maximum Gasteiger partial charge on any atom is 0.221 e. The van der Waals surface area contributed by atoms with Crippen molar-refractivity contribution in [1.29, 1.82) is 0 Å². The fourth-order valence-electron chi connectivity index (χ4n) is 1.43. The summed E-state index contributed by atoms with van der Waals surface area (Å²) >= 11 is 0. The van der Waals surface area contributed by atoms with Crippen LogP contribution in [0.1, 0.15) is 45.0 Å². The van der Waals surface area contributed by atoms with Gasteiger partial charge in [-0.1, -0.05) is 13.8 Å². The molecule has 0 unspecified atom stereocenters. The predicted molar refractivity (Wildman–Crippen MR) is 81.9 cm³/mol. The molecule has 6 heteroatoms. The molecule has 1 rings (SSSR count). The summed E-state index contributed by atoms with van der Waals surface area (Å²) in [5.74, 6) is 7.65. The first-order valence-electron chi connectivity index (χ1n) is 6.84. The molecule has 0 radical (unpaired) electrons. The van der Waals surface area contributed by atoms with E-state index in [9.17, 15) is 0 Å². The van der Waals surface area contributed by atoms with E-state index < -0.39 is 0 Å². The monoisotopic (exact) mass is 281 g/mol. The number of hydrogen-bond acceptors (Lipinski definition) is 6. The molecule has 0 bridgehead atoms. The molecule has 0 amide bonds. The van der Waals surface area contributed by atoms with Crippen LogP contribution in [0, 0.1) is 6.92 Å². The lowest BCUT2D eigenvalue weighted by Gasteiger charge is -2.32. The summed E-state index contributed by atoms with van der Waals surface area (Å²) in [5.41, 5.74) is 3.36. The summed E-state index contributed by atoms with van der Waals surface area (Å²) in [6.07, 6.45) is 0. The van der Waals surface area contributed by atoms with Gasteiger partial charge in [-0.05, 0) is 34.9 Å². The predicted octanol–water partition coefficient (Wildman–Crippen LogP) is 1.91. The Labute approximate surface area is 121 Å². The second kappa shape index (κ2) is 6.37. The Kier molecular flexibility index (Phi) is 5.30. The number of anilines is 1. The van der Waals surface area contributed by atoms with Crippen molar-refractivity contribution < 1.29 is 4.74 Å². The molecule has 0 aliphatic carbocycles. The summed E-state index contributed by atoms with van der Waals surface area (Å²) in [6.45, 7) is 10.8. The van der Waals surface area contributed by atoms with Gasteiger partial charge in [0.2, 0.25) is 5.88 Å². The van der Waals surface area contributed by atoms with Crippen molar-refractivity contribution in [2.75, 3.05) is 26.1 Å². The third kappa shape index (κ3) is 3.80. The summed E-state index contributed by atoms with van der Waals surface area (Å²) in [6, 6.07) is 0. The molecule has 0 aliphatic heterocycles. The summed E-state index contributed by atoms with van der Waals surface area (Å²) in [4.78, 5) is 11.0. The number of nitrogen functional groups attached to an aromatic ring is 1. The average molecular weight is 281 g/mol. The molecule has 0 saturated carbocycles. The van der Waals surface area contributed by atoms with E-state index in [1.54, 1.807) is 0 Å². The van der Waals surface area contributed by atoms with Gasteiger partial charge >= 0.3 is 0 Å². The highest BCUT2D eigenvalue weighted by atomic mass is 16.5. The summed E-state index contributed by atoms with van der Waals surface area (Å²) < 4.78 is 5.91. The lowest BCUT2D eigenvalue weighted by molar-refractivity contribution is 0.110. The number of hydrogen-bond donors (Lipinski definition) is 2. The van der Waals surface area contributed by atoms with Crippen molar-refractivity contribution in [3.8, 4) is 5.88 Å². The number of nitrogens with zero attached hydrogens (tertiary/aromatic N) is 3. The highest BCUT2D eigenvalue weighted by Crippen LogP contribution is 2.25. The van der Waals surface area contributed by atoms with Gasteiger partial charge in [-0.2, -0.15) is 4.98 Å². The minimum atomic E-state index is -0.0777. The van der Waals surface area contributed by atoms with E-state index in [-0.39, 0.29) is 11.5 Å². The van der Waals surface area contributed by atoms with Gasteiger partial charge in [0.15, 0.2) is 0 Å². The van der Waals surface area contributed by atoms with Gasteiger partial charge in [0.25, 0.3) is 0 Å². The normalized spacial score (nSPS) is 12.1. The molecule has 1 aromatic heterocycles. The standard InChI is InChI=1S/C14H27N5O/c1-9(2)11-16-12(18-15)10(3)13(17-11)20-8-14(4,5)19(6)7/h9H,8,15H2,1-7H3,(H,16,17,18). The van der Waals surface area contributed by atoms with Crippen LogP contribution in [0.2, 0.25) is 0 Å². The molecule has 0 fully saturated rings. The minimum Gasteiger partial charge on any atom is -0.475 e. The van der Waals surface area contributed by atoms with Crippen LogP contribution < -0.4 is 16.0 Å². The molecule has 0 atom stereocenters. The van der Waals surface area contributed by atoms with E-state index in [4.69, 9.17) is 10.6 Å². The van der Waals surface area contributed by atoms with Crippen LogP contribution in [-0.4, -0.2) is 41.1 Å². The number of ether oxygens (including phenoxy) is 1. The molecular weight excluding hydrogens is 254 g/mol. The highest BCUT2D eigenvalue weighted by Gasteiger charge is 2.23. The number of nitrogens with two attached hydrogens (primary N) is 1. The Hall–Kier alpha value is -1.40. The average Bonchev–Trinajstić information content (AvgIpc) is 2.37. The molecular formula is C14H27N5O. The minimum absolute atomic E-state index is 0.0777. The molecule has 0 saturated heterocycles. The van der Waals surface area contributed by atoms with E-state index in [1.165, 1.54) is 0 Å². The van der Waals surface area contributed by atoms with Gasteiger partial charge in [-0.25, -0.2) is 10.8 Å². The van der Waals surface area contributed by atoms with E-state index >= 15 is 0 Å². The molecule has 1 heterocycles. The van der Waals surface area contributed by atoms with Crippen molar-refractivity contribution in [3.05, 3.63) is 11.4 Å². The first-order chi connectivity index (χ1) is 9.19. The van der Waals surface area contributed by atoms with Crippen molar-refractivity contribution in [1.82, 2.24) is 14.9 Å². The van der Waals surface area contributed by atoms with E-state index in [0.29, 0.717) is 18.3 Å². The molecule has 0 spiro atoms. The SMILES string of the molecule is Cc1c(NN)nc(C(C)C)nc1OCC(C)(C)N(C)C. The molecule has 1 aromatic rings. The summed E-state index contributed by atoms with van der Waals surface area (Å²) in [5, 5.41) is 0. The Morgan fingerprint density at radius 3 is 2.35 bits per heavy atom. The van der Waals surface area contributed by atoms with Crippen molar-refractivity contribution in [3.63, 3.8) is 0 Å². The number of likely N-dealkylation sites (N-methyl/N-ethyl adjacent to an activating group) is 1. The zero-order valence-electron chi connectivity index (χ0n) is 13.6. The molecule has 0 aliphatic rings. The van der Waals surface area contributed by atoms with E-state index in [1.807, 2.05) is 34.9 Å². The molecule has 114 valence electrons. The molecule has 20 heavy (non-hydrogen) atoms. The van der Waals surface area contributed by atoms with Crippen molar-refractivity contribution in [2.24, 2.45) is 5.84 Å². The first kappa shape index (κ1) is 16.7. The first-order valence-corrected chi connectivity index (χ1v) is 6.84. The van der Waals surface area contributed by atoms with E-state index in [2.05, 4.69) is 34.1 Å². The van der Waals surface area contributed by atoms with Crippen LogP contribution in [0.25, 0.3) is 0 Å². The van der Waals surface area contributed by atoms with Crippen LogP contribution in [0.3, 0.4) is 0 Å². The third-order valence-electron chi connectivity index (χ3n) is 3.54. The molecule has 3 N–H and O–H groups in total.